The highest BCUT2D eigenvalue weighted by atomic mass is 16.5. The first kappa shape index (κ1) is 12.3. The number of rotatable bonds is 1. The van der Waals surface area contributed by atoms with Gasteiger partial charge in [0.05, 0.1) is 13.2 Å². The number of aryl methyl sites for hydroxylation is 1. The van der Waals surface area contributed by atoms with Crippen LogP contribution in [-0.4, -0.2) is 7.11 Å². The summed E-state index contributed by atoms with van der Waals surface area (Å²) < 4.78 is 5.38. The van der Waals surface area contributed by atoms with Crippen molar-refractivity contribution in [3.8, 4) is 11.8 Å². The van der Waals surface area contributed by atoms with Crippen LogP contribution in [0.5, 0.6) is 5.75 Å². The van der Waals surface area contributed by atoms with Crippen LogP contribution >= 0.6 is 0 Å². The van der Waals surface area contributed by atoms with Crippen molar-refractivity contribution in [1.29, 1.82) is 5.26 Å². The predicted molar refractivity (Wildman–Crippen MR) is 75.2 cm³/mol. The van der Waals surface area contributed by atoms with E-state index in [1.807, 2.05) is 6.07 Å². The molecule has 2 aliphatic rings. The van der Waals surface area contributed by atoms with Crippen molar-refractivity contribution in [1.82, 2.24) is 0 Å². The third-order valence-corrected chi connectivity index (χ3v) is 4.82. The second-order valence-electron chi connectivity index (χ2n) is 5.78. The molecule has 0 saturated heterocycles. The van der Waals surface area contributed by atoms with E-state index in [0.29, 0.717) is 0 Å². The smallest absolute Gasteiger partial charge is 0.119 e. The maximum absolute atomic E-state index is 9.36. The molecule has 1 unspecified atom stereocenters. The number of hydrogen-bond acceptors (Lipinski definition) is 2. The van der Waals surface area contributed by atoms with Gasteiger partial charge in [0.1, 0.15) is 5.75 Å². The standard InChI is InChI=1S/C17H19NO/c1-17-9-3-4-13(11-18)15(17)8-6-12-5-7-14(19-2)10-16(12)17/h5,7,10H,3-4,6,8-9H2,1-2H3. The van der Waals surface area contributed by atoms with Gasteiger partial charge in [-0.3, -0.25) is 0 Å². The molecule has 0 heterocycles. The monoisotopic (exact) mass is 253 g/mol. The molecule has 1 aromatic rings. The van der Waals surface area contributed by atoms with Crippen molar-refractivity contribution < 1.29 is 4.74 Å². The fraction of sp³-hybridized carbons (Fsp3) is 0.471. The van der Waals surface area contributed by atoms with Crippen LogP contribution in [0.1, 0.15) is 43.7 Å². The summed E-state index contributed by atoms with van der Waals surface area (Å²) in [5.74, 6) is 0.922. The van der Waals surface area contributed by atoms with Crippen LogP contribution in [0.3, 0.4) is 0 Å². The lowest BCUT2D eigenvalue weighted by atomic mass is 9.61. The Hall–Kier alpha value is -1.75. The van der Waals surface area contributed by atoms with Crippen molar-refractivity contribution in [2.45, 2.75) is 44.4 Å². The zero-order valence-corrected chi connectivity index (χ0v) is 11.6. The lowest BCUT2D eigenvalue weighted by Crippen LogP contribution is -2.33. The van der Waals surface area contributed by atoms with Gasteiger partial charge in [-0.25, -0.2) is 0 Å². The molecule has 0 aliphatic heterocycles. The fourth-order valence-electron chi connectivity index (χ4n) is 3.77. The lowest BCUT2D eigenvalue weighted by Gasteiger charge is -2.42. The Balaban J connectivity index is 2.20. The molecule has 0 saturated carbocycles. The van der Waals surface area contributed by atoms with Gasteiger partial charge >= 0.3 is 0 Å². The molecule has 0 amide bonds. The maximum Gasteiger partial charge on any atom is 0.119 e. The van der Waals surface area contributed by atoms with Crippen molar-refractivity contribution >= 4 is 0 Å². The predicted octanol–water partition coefficient (Wildman–Crippen LogP) is 3.90. The number of nitriles is 1. The molecule has 0 N–H and O–H groups in total. The quantitative estimate of drug-likeness (QED) is 0.760. The van der Waals surface area contributed by atoms with E-state index in [2.05, 4.69) is 25.1 Å². The number of fused-ring (bicyclic) bond motifs is 3. The summed E-state index contributed by atoms with van der Waals surface area (Å²) in [5.41, 5.74) is 5.25. The van der Waals surface area contributed by atoms with Crippen molar-refractivity contribution in [2.75, 3.05) is 7.11 Å². The summed E-state index contributed by atoms with van der Waals surface area (Å²) >= 11 is 0. The van der Waals surface area contributed by atoms with Gasteiger partial charge in [0.15, 0.2) is 0 Å². The molecule has 0 radical (unpaired) electrons. The van der Waals surface area contributed by atoms with Crippen LogP contribution in [0, 0.1) is 11.3 Å². The van der Waals surface area contributed by atoms with E-state index in [0.717, 1.165) is 43.4 Å². The Bertz CT molecular complexity index is 594. The molecule has 0 aromatic heterocycles. The second kappa shape index (κ2) is 4.42. The zero-order valence-electron chi connectivity index (χ0n) is 11.6. The zero-order chi connectivity index (χ0) is 13.5. The molecule has 2 nitrogen and oxygen atoms in total. The maximum atomic E-state index is 9.36. The Kier molecular flexibility index (Phi) is 2.86. The van der Waals surface area contributed by atoms with Crippen molar-refractivity contribution in [3.05, 3.63) is 40.5 Å². The number of methoxy groups -OCH3 is 1. The van der Waals surface area contributed by atoms with E-state index in [9.17, 15) is 5.26 Å². The molecule has 2 heteroatoms. The summed E-state index contributed by atoms with van der Waals surface area (Å²) in [6.07, 6.45) is 5.31. The van der Waals surface area contributed by atoms with Crippen LogP contribution in [-0.2, 0) is 11.8 Å². The summed E-state index contributed by atoms with van der Waals surface area (Å²) in [6, 6.07) is 8.85. The molecule has 19 heavy (non-hydrogen) atoms. The summed E-state index contributed by atoms with van der Waals surface area (Å²) in [6.45, 7) is 2.30. The van der Waals surface area contributed by atoms with Crippen LogP contribution in [0.2, 0.25) is 0 Å². The molecule has 2 aliphatic carbocycles. The largest absolute Gasteiger partial charge is 0.497 e. The average molecular weight is 253 g/mol. The highest BCUT2D eigenvalue weighted by Crippen LogP contribution is 2.49. The molecular formula is C17H19NO. The van der Waals surface area contributed by atoms with Crippen LogP contribution in [0.4, 0.5) is 0 Å². The molecule has 0 bridgehead atoms. The number of allylic oxidation sites excluding steroid dienone is 2. The van der Waals surface area contributed by atoms with E-state index in [4.69, 9.17) is 4.74 Å². The van der Waals surface area contributed by atoms with Gasteiger partial charge in [-0.05, 0) is 60.9 Å². The van der Waals surface area contributed by atoms with Crippen molar-refractivity contribution in [2.24, 2.45) is 0 Å². The first-order valence-corrected chi connectivity index (χ1v) is 6.99. The van der Waals surface area contributed by atoms with Crippen molar-refractivity contribution in [3.63, 3.8) is 0 Å². The van der Waals surface area contributed by atoms with E-state index in [1.165, 1.54) is 16.7 Å². The number of nitrogens with zero attached hydrogens (tertiary/aromatic N) is 1. The van der Waals surface area contributed by atoms with Gasteiger partial charge in [-0.1, -0.05) is 13.0 Å². The SMILES string of the molecule is COc1ccc2c(c1)C1(C)CCCC(C#N)=C1CC2. The summed E-state index contributed by atoms with van der Waals surface area (Å²) in [5, 5.41) is 9.36. The van der Waals surface area contributed by atoms with E-state index in [1.54, 1.807) is 7.11 Å². The molecule has 1 atom stereocenters. The van der Waals surface area contributed by atoms with Crippen LogP contribution in [0.25, 0.3) is 0 Å². The first-order valence-electron chi connectivity index (χ1n) is 6.99. The molecular weight excluding hydrogens is 234 g/mol. The molecule has 0 fully saturated rings. The van der Waals surface area contributed by atoms with Gasteiger partial charge in [-0.15, -0.1) is 0 Å². The minimum Gasteiger partial charge on any atom is -0.497 e. The number of ether oxygens (including phenoxy) is 1. The van der Waals surface area contributed by atoms with Gasteiger partial charge in [-0.2, -0.15) is 5.26 Å². The van der Waals surface area contributed by atoms with Gasteiger partial charge in [0.25, 0.3) is 0 Å². The van der Waals surface area contributed by atoms with Gasteiger partial charge < -0.3 is 4.74 Å². The molecule has 1 aromatic carbocycles. The molecule has 98 valence electrons. The highest BCUT2D eigenvalue weighted by Gasteiger charge is 2.39. The molecule has 0 spiro atoms. The normalized spacial score (nSPS) is 25.3. The minimum absolute atomic E-state index is 0.0471. The number of hydrogen-bond donors (Lipinski definition) is 0. The fourth-order valence-corrected chi connectivity index (χ4v) is 3.77. The third-order valence-electron chi connectivity index (χ3n) is 4.82. The highest BCUT2D eigenvalue weighted by molar-refractivity contribution is 5.52. The first-order chi connectivity index (χ1) is 9.19. The Morgan fingerprint density at radius 1 is 1.26 bits per heavy atom. The summed E-state index contributed by atoms with van der Waals surface area (Å²) in [4.78, 5) is 0. The summed E-state index contributed by atoms with van der Waals surface area (Å²) in [7, 11) is 1.71. The average Bonchev–Trinajstić information content (AvgIpc) is 2.45. The van der Waals surface area contributed by atoms with Gasteiger partial charge in [0.2, 0.25) is 0 Å². The lowest BCUT2D eigenvalue weighted by molar-refractivity contribution is 0.401. The van der Waals surface area contributed by atoms with Crippen LogP contribution in [0.15, 0.2) is 29.3 Å². The number of benzene rings is 1. The topological polar surface area (TPSA) is 33.0 Å². The molecule has 3 rings (SSSR count). The minimum atomic E-state index is 0.0471. The van der Waals surface area contributed by atoms with E-state index < -0.39 is 0 Å². The van der Waals surface area contributed by atoms with Crippen LogP contribution < -0.4 is 4.74 Å². The van der Waals surface area contributed by atoms with Gasteiger partial charge in [0, 0.05) is 11.0 Å². The Morgan fingerprint density at radius 3 is 2.84 bits per heavy atom. The Morgan fingerprint density at radius 2 is 2.11 bits per heavy atom. The van der Waals surface area contributed by atoms with E-state index >= 15 is 0 Å². The second-order valence-corrected chi connectivity index (χ2v) is 5.78. The third kappa shape index (κ3) is 1.76. The van der Waals surface area contributed by atoms with E-state index in [-0.39, 0.29) is 5.41 Å². The Labute approximate surface area is 114 Å².